The zero-order chi connectivity index (χ0) is 77.6. The number of thiazole rings is 1. The Balaban J connectivity index is 0.568. The summed E-state index contributed by atoms with van der Waals surface area (Å²) in [5.41, 5.74) is 9.27. The number of carbonyl (C=O) groups is 6. The van der Waals surface area contributed by atoms with E-state index in [1.807, 2.05) is 49.4 Å². The number of piperazine rings is 1. The van der Waals surface area contributed by atoms with Gasteiger partial charge in [0.15, 0.2) is 15.6 Å². The third-order valence-corrected chi connectivity index (χ3v) is 23.8. The number of H-pyrrole nitrogens is 1. The van der Waals surface area contributed by atoms with Crippen LogP contribution in [0.3, 0.4) is 0 Å². The molecule has 3 aliphatic heterocycles. The van der Waals surface area contributed by atoms with E-state index in [0.717, 1.165) is 77.7 Å². The smallest absolute Gasteiger partial charge is 0.293 e. The van der Waals surface area contributed by atoms with Crippen molar-refractivity contribution in [2.75, 3.05) is 101 Å². The number of β-amino-alcohol motifs (C(OH)–C–C–N with tert-alkyl or cyclic N) is 1. The van der Waals surface area contributed by atoms with Crippen LogP contribution >= 0.6 is 22.9 Å². The van der Waals surface area contributed by atoms with Crippen molar-refractivity contribution in [2.45, 2.75) is 148 Å². The third-order valence-electron chi connectivity index (χ3n) is 20.9. The van der Waals surface area contributed by atoms with Crippen molar-refractivity contribution >= 4 is 102 Å². The largest absolute Gasteiger partial charge is 0.455 e. The van der Waals surface area contributed by atoms with Crippen molar-refractivity contribution in [1.29, 1.82) is 0 Å². The van der Waals surface area contributed by atoms with Gasteiger partial charge in [-0.3, -0.25) is 43.8 Å². The number of amides is 4. The molecule has 4 aliphatic rings. The number of nitrogens with one attached hydrogen (secondary N) is 4. The Hall–Kier alpha value is -8.96. The van der Waals surface area contributed by atoms with E-state index in [4.69, 9.17) is 25.8 Å². The number of aromatic nitrogens is 3. The molecular formula is C81H100ClN11O14S2. The van der Waals surface area contributed by atoms with Crippen LogP contribution in [-0.4, -0.2) is 193 Å². The number of nitro benzene ring substituents is 1. The summed E-state index contributed by atoms with van der Waals surface area (Å²) < 4.78 is 46.1. The van der Waals surface area contributed by atoms with E-state index in [9.17, 15) is 52.4 Å². The van der Waals surface area contributed by atoms with Gasteiger partial charge in [-0.05, 0) is 139 Å². The number of ketones is 2. The molecule has 1 aliphatic carbocycles. The van der Waals surface area contributed by atoms with E-state index >= 15 is 0 Å². The highest BCUT2D eigenvalue weighted by Crippen LogP contribution is 2.44. The number of carbonyl (C=O) groups excluding carboxylic acids is 6. The number of anilines is 2. The molecule has 5 N–H and O–H groups in total. The van der Waals surface area contributed by atoms with E-state index in [1.165, 1.54) is 39.9 Å². The van der Waals surface area contributed by atoms with Gasteiger partial charge in [0.1, 0.15) is 46.5 Å². The summed E-state index contributed by atoms with van der Waals surface area (Å²) in [6.07, 6.45) is 8.08. The molecule has 0 bridgehead atoms. The molecule has 0 unspecified atom stereocenters. The highest BCUT2D eigenvalue weighted by molar-refractivity contribution is 7.92. The second-order valence-corrected chi connectivity index (χ2v) is 34.1. The topological polar surface area (TPSA) is 318 Å². The molecule has 3 saturated heterocycles. The zero-order valence-electron chi connectivity index (χ0n) is 63.0. The Morgan fingerprint density at radius 1 is 0.844 bits per heavy atom. The quantitative estimate of drug-likeness (QED) is 0.0108. The predicted molar refractivity (Wildman–Crippen MR) is 421 cm³/mol. The molecule has 28 heteroatoms. The lowest BCUT2D eigenvalue weighted by molar-refractivity contribution is -0.384. The second kappa shape index (κ2) is 36.7. The average Bonchev–Trinajstić information content (AvgIpc) is 1.67. The zero-order valence-corrected chi connectivity index (χ0v) is 65.3. The fraction of sp³-hybridized carbons (Fsp3) is 0.481. The maximum atomic E-state index is 14.3. The fourth-order valence-electron chi connectivity index (χ4n) is 14.6. The molecule has 6 heterocycles. The minimum Gasteiger partial charge on any atom is -0.455 e. The molecule has 0 spiro atoms. The van der Waals surface area contributed by atoms with E-state index in [0.29, 0.717) is 94.6 Å². The number of nitrogens with zero attached hydrogens (tertiary/aromatic N) is 7. The number of halogens is 1. The molecule has 109 heavy (non-hydrogen) atoms. The van der Waals surface area contributed by atoms with Crippen molar-refractivity contribution in [3.05, 3.63) is 158 Å². The number of rotatable bonds is 34. The van der Waals surface area contributed by atoms with Gasteiger partial charge in [-0.2, -0.15) is 0 Å². The average molecular weight is 1550 g/mol. The van der Waals surface area contributed by atoms with Crippen LogP contribution in [0.4, 0.5) is 17.1 Å². The number of aryl methyl sites for hydroxylation is 1. The molecule has 3 aromatic heterocycles. The number of likely N-dealkylation sites (tertiary alicyclic amines) is 2. The third kappa shape index (κ3) is 22.0. The Morgan fingerprint density at radius 2 is 1.56 bits per heavy atom. The number of benzene rings is 4. The van der Waals surface area contributed by atoms with Crippen molar-refractivity contribution < 1.29 is 61.4 Å². The first-order valence-corrected chi connectivity index (χ1v) is 40.5. The molecule has 3 fully saturated rings. The van der Waals surface area contributed by atoms with Crippen LogP contribution in [0.5, 0.6) is 11.5 Å². The van der Waals surface area contributed by atoms with E-state index in [2.05, 4.69) is 66.7 Å². The van der Waals surface area contributed by atoms with Crippen LogP contribution in [0.1, 0.15) is 139 Å². The summed E-state index contributed by atoms with van der Waals surface area (Å²) in [7, 11) is -4.43. The lowest BCUT2D eigenvalue weighted by Crippen LogP contribution is -2.57. The highest BCUT2D eigenvalue weighted by atomic mass is 35.5. The van der Waals surface area contributed by atoms with Crippen LogP contribution in [0.15, 0.2) is 125 Å². The Kier molecular flexibility index (Phi) is 27.3. The van der Waals surface area contributed by atoms with Crippen LogP contribution in [0.25, 0.3) is 27.0 Å². The normalized spacial score (nSPS) is 17.5. The number of aliphatic hydroxyl groups is 1. The van der Waals surface area contributed by atoms with Crippen molar-refractivity contribution in [2.24, 2.45) is 16.7 Å². The molecule has 582 valence electrons. The van der Waals surface area contributed by atoms with Gasteiger partial charge >= 0.3 is 0 Å². The minimum atomic E-state index is -4.43. The predicted octanol–water partition coefficient (Wildman–Crippen LogP) is 12.2. The maximum absolute atomic E-state index is 14.3. The number of Topliss-reactive ketones (excluding diaryl/α,β-unsaturated/α-hetero) is 2. The highest BCUT2D eigenvalue weighted by Gasteiger charge is 2.45. The summed E-state index contributed by atoms with van der Waals surface area (Å²) in [4.78, 5) is 113. The number of nitro groups is 1. The number of fused-ring (bicyclic) bond motifs is 1. The van der Waals surface area contributed by atoms with Crippen LogP contribution in [0.2, 0.25) is 5.02 Å². The van der Waals surface area contributed by atoms with E-state index in [-0.39, 0.29) is 96.7 Å². The number of pyridine rings is 1. The van der Waals surface area contributed by atoms with Gasteiger partial charge in [-0.25, -0.2) is 18.4 Å². The van der Waals surface area contributed by atoms with Gasteiger partial charge in [0.25, 0.3) is 5.69 Å². The summed E-state index contributed by atoms with van der Waals surface area (Å²) in [5.74, 6) is -2.68. The molecule has 7 aromatic rings. The minimum absolute atomic E-state index is 0.00763. The number of sulfone groups is 1. The molecule has 0 radical (unpaired) electrons. The molecule has 3 atom stereocenters. The van der Waals surface area contributed by atoms with Crippen molar-refractivity contribution in [3.63, 3.8) is 0 Å². The van der Waals surface area contributed by atoms with Gasteiger partial charge in [0.2, 0.25) is 23.6 Å². The maximum Gasteiger partial charge on any atom is 0.293 e. The summed E-state index contributed by atoms with van der Waals surface area (Å²) in [6, 6.07) is 26.3. The number of hydrogen-bond donors (Lipinski definition) is 5. The van der Waals surface area contributed by atoms with Gasteiger partial charge in [-0.1, -0.05) is 88.2 Å². The molecular weight excluding hydrogens is 1450 g/mol. The number of piperidine rings is 1. The van der Waals surface area contributed by atoms with Crippen molar-refractivity contribution in [3.8, 4) is 21.9 Å². The molecule has 25 nitrogen and oxygen atoms in total. The van der Waals surface area contributed by atoms with Gasteiger partial charge in [0.05, 0.1) is 57.0 Å². The lowest BCUT2D eigenvalue weighted by atomic mass is 9.72. The molecule has 0 saturated carbocycles. The van der Waals surface area contributed by atoms with Gasteiger partial charge < -0.3 is 55.0 Å². The first-order valence-electron chi connectivity index (χ1n) is 37.6. The second-order valence-electron chi connectivity index (χ2n) is 30.8. The van der Waals surface area contributed by atoms with Crippen LogP contribution < -0.4 is 25.6 Å². The van der Waals surface area contributed by atoms with E-state index in [1.54, 1.807) is 73.0 Å². The number of aliphatic hydroxyl groups excluding tert-OH is 1. The summed E-state index contributed by atoms with van der Waals surface area (Å²) in [5, 5.41) is 33.5. The van der Waals surface area contributed by atoms with Crippen LogP contribution in [-0.2, 0) is 49.8 Å². The number of ether oxygens (including phenoxy) is 3. The summed E-state index contributed by atoms with van der Waals surface area (Å²) in [6.45, 7) is 18.6. The standard InChI is InChI=1S/C81H100ClN11O14S2/c1-53-75(108-52-87-53)57-13-11-54(12-14-57)47-86-78(99)70-43-63(95)50-92(70)79(100)76(80(2,3)4)88-73(97)24-20-62(94)9-7-37-105-39-40-106-38-8-10-74(98)91-31-27-55(28-32-91)46-84-68-23-21-65(44-69(68)93(101)102)109(103,104)51-71(96)66-22-19-61(42-72(66)107-64-41-58-26-30-83-77(58)85-48-64)90-35-33-89(34-36-90)49-59-25-29-81(5,6)45-67(59)56-15-17-60(82)18-16-56/h11-19,21-23,26,30,41-42,44,48,52,55,63,70,76,84,95H,7-10,20,24-25,27-29,31-40,43,45-47,49-51H2,1-6H3,(H,83,85)(H,86,99)(H,88,97)/t63-,70+,76-/m1/s1. The SMILES string of the molecule is Cc1ncsc1-c1ccc(CNC(=O)[C@@H]2C[C@@H](O)CN2C(=O)[C@@H](NC(=O)CCC(=O)CCCOCCOCCCC(=O)N2CCC(CNc3ccc(S(=O)(=O)CC(=O)c4ccc(N5CCN(CC6=C(c7ccc(Cl)cc7)CC(C)(C)CC6)CC5)cc4Oc4cnc5[nH]ccc5c4)cc3[N+](=O)[O-])CC2)C(C)(C)C)cc1. The number of hydrogen-bond acceptors (Lipinski definition) is 20. The molecule has 4 aromatic carbocycles. The first-order chi connectivity index (χ1) is 52.1. The monoisotopic (exact) mass is 1550 g/mol. The Bertz CT molecular complexity index is 4540. The Labute approximate surface area is 646 Å². The molecule has 11 rings (SSSR count). The Morgan fingerprint density at radius 3 is 2.26 bits per heavy atom. The summed E-state index contributed by atoms with van der Waals surface area (Å²) >= 11 is 7.84. The first kappa shape index (κ1) is 81.0. The number of aromatic amines is 1. The molecule has 4 amide bonds. The fourth-order valence-corrected chi connectivity index (χ4v) is 16.7. The lowest BCUT2D eigenvalue weighted by Gasteiger charge is -2.39. The number of allylic oxidation sites excluding steroid dienone is 1. The van der Waals surface area contributed by atoms with E-state index < -0.39 is 73.3 Å². The van der Waals surface area contributed by atoms with Gasteiger partial charge in [0, 0.05) is 145 Å². The van der Waals surface area contributed by atoms with Gasteiger partial charge in [-0.15, -0.1) is 11.3 Å². The van der Waals surface area contributed by atoms with Crippen LogP contribution in [0, 0.1) is 33.8 Å². The van der Waals surface area contributed by atoms with Crippen molar-refractivity contribution in [1.82, 2.24) is 40.3 Å².